The third-order valence-corrected chi connectivity index (χ3v) is 5.17. The first kappa shape index (κ1) is 14.8. The van der Waals surface area contributed by atoms with Gasteiger partial charge in [0.05, 0.1) is 6.04 Å². The Bertz CT molecular complexity index is 435. The second-order valence-corrected chi connectivity index (χ2v) is 6.86. The number of nitrogens with two attached hydrogens (primary N) is 2. The standard InChI is InChI=1S/C15H24BrN3/c1-9-3-4-11(7-10(9)2)15(19-18)13-8-12(16)5-6-14(13)17/h5-6,8-11,15,19H,3-4,7,17-18H2,1-2H3. The fraction of sp³-hybridized carbons (Fsp3) is 0.600. The van der Waals surface area contributed by atoms with Crippen molar-refractivity contribution in [3.63, 3.8) is 0 Å². The highest BCUT2D eigenvalue weighted by Gasteiger charge is 2.31. The summed E-state index contributed by atoms with van der Waals surface area (Å²) in [4.78, 5) is 0. The first-order valence-electron chi connectivity index (χ1n) is 7.04. The number of halogens is 1. The van der Waals surface area contributed by atoms with E-state index in [4.69, 9.17) is 11.6 Å². The van der Waals surface area contributed by atoms with E-state index in [-0.39, 0.29) is 6.04 Å². The van der Waals surface area contributed by atoms with Crippen molar-refractivity contribution in [1.82, 2.24) is 5.43 Å². The summed E-state index contributed by atoms with van der Waals surface area (Å²) < 4.78 is 1.05. The second-order valence-electron chi connectivity index (χ2n) is 5.95. The minimum absolute atomic E-state index is 0.146. The molecule has 1 aromatic rings. The van der Waals surface area contributed by atoms with Gasteiger partial charge in [-0.25, -0.2) is 0 Å². The van der Waals surface area contributed by atoms with E-state index in [0.29, 0.717) is 5.92 Å². The van der Waals surface area contributed by atoms with Crippen LogP contribution in [-0.4, -0.2) is 0 Å². The molecule has 0 saturated heterocycles. The first-order valence-corrected chi connectivity index (χ1v) is 7.83. The van der Waals surface area contributed by atoms with Gasteiger partial charge in [-0.05, 0) is 54.4 Å². The predicted octanol–water partition coefficient (Wildman–Crippen LogP) is 3.61. The van der Waals surface area contributed by atoms with Gasteiger partial charge in [-0.15, -0.1) is 0 Å². The Morgan fingerprint density at radius 1 is 1.26 bits per heavy atom. The highest BCUT2D eigenvalue weighted by Crippen LogP contribution is 2.41. The van der Waals surface area contributed by atoms with Crippen LogP contribution in [0.15, 0.2) is 22.7 Å². The van der Waals surface area contributed by atoms with E-state index in [2.05, 4.69) is 41.3 Å². The Morgan fingerprint density at radius 3 is 2.63 bits per heavy atom. The highest BCUT2D eigenvalue weighted by molar-refractivity contribution is 9.10. The van der Waals surface area contributed by atoms with Crippen LogP contribution in [0.3, 0.4) is 0 Å². The van der Waals surface area contributed by atoms with Crippen LogP contribution in [0.2, 0.25) is 0 Å². The van der Waals surface area contributed by atoms with Gasteiger partial charge < -0.3 is 5.73 Å². The highest BCUT2D eigenvalue weighted by atomic mass is 79.9. The lowest BCUT2D eigenvalue weighted by molar-refractivity contribution is 0.171. The summed E-state index contributed by atoms with van der Waals surface area (Å²) in [6.45, 7) is 4.69. The molecule has 1 aromatic carbocycles. The quantitative estimate of drug-likeness (QED) is 0.452. The maximum atomic E-state index is 6.12. The van der Waals surface area contributed by atoms with Crippen molar-refractivity contribution in [3.8, 4) is 0 Å². The van der Waals surface area contributed by atoms with E-state index < -0.39 is 0 Å². The summed E-state index contributed by atoms with van der Waals surface area (Å²) in [5, 5.41) is 0. The number of nitrogens with one attached hydrogen (secondary N) is 1. The second kappa shape index (κ2) is 6.25. The fourth-order valence-corrected chi connectivity index (χ4v) is 3.57. The van der Waals surface area contributed by atoms with Gasteiger partial charge in [0.25, 0.3) is 0 Å². The number of benzene rings is 1. The van der Waals surface area contributed by atoms with Gasteiger partial charge >= 0.3 is 0 Å². The average Bonchev–Trinajstić information content (AvgIpc) is 2.38. The van der Waals surface area contributed by atoms with Crippen molar-refractivity contribution >= 4 is 21.6 Å². The molecule has 0 spiro atoms. The molecule has 0 heterocycles. The number of nitrogen functional groups attached to an aromatic ring is 1. The smallest absolute Gasteiger partial charge is 0.0508 e. The summed E-state index contributed by atoms with van der Waals surface area (Å²) >= 11 is 3.52. The number of hydrazine groups is 1. The van der Waals surface area contributed by atoms with Gasteiger partial charge in [0.1, 0.15) is 0 Å². The zero-order chi connectivity index (χ0) is 14.0. The van der Waals surface area contributed by atoms with Crippen LogP contribution in [0, 0.1) is 17.8 Å². The minimum Gasteiger partial charge on any atom is -0.398 e. The Hall–Kier alpha value is -0.580. The zero-order valence-electron chi connectivity index (χ0n) is 11.7. The van der Waals surface area contributed by atoms with Gasteiger partial charge in [-0.2, -0.15) is 0 Å². The molecule has 0 aliphatic heterocycles. The first-order chi connectivity index (χ1) is 9.02. The number of anilines is 1. The molecule has 4 heteroatoms. The summed E-state index contributed by atoms with van der Waals surface area (Å²) in [5.41, 5.74) is 11.0. The molecule has 0 amide bonds. The number of hydrogen-bond donors (Lipinski definition) is 3. The maximum absolute atomic E-state index is 6.12. The molecule has 3 nitrogen and oxygen atoms in total. The SMILES string of the molecule is CC1CCC(C(NN)c2cc(Br)ccc2N)CC1C. The number of hydrogen-bond acceptors (Lipinski definition) is 3. The van der Waals surface area contributed by atoms with Crippen molar-refractivity contribution < 1.29 is 0 Å². The molecule has 4 unspecified atom stereocenters. The van der Waals surface area contributed by atoms with E-state index in [1.807, 2.05) is 12.1 Å². The van der Waals surface area contributed by atoms with Crippen LogP contribution >= 0.6 is 15.9 Å². The van der Waals surface area contributed by atoms with Crippen LogP contribution in [0.4, 0.5) is 5.69 Å². The Balaban J connectivity index is 2.22. The van der Waals surface area contributed by atoms with E-state index in [0.717, 1.165) is 27.6 Å². The predicted molar refractivity (Wildman–Crippen MR) is 84.3 cm³/mol. The summed E-state index contributed by atoms with van der Waals surface area (Å²) in [6.07, 6.45) is 3.70. The third-order valence-electron chi connectivity index (χ3n) is 4.67. The summed E-state index contributed by atoms with van der Waals surface area (Å²) in [7, 11) is 0. The van der Waals surface area contributed by atoms with Crippen LogP contribution in [0.5, 0.6) is 0 Å². The van der Waals surface area contributed by atoms with Crippen molar-refractivity contribution in [3.05, 3.63) is 28.2 Å². The lowest BCUT2D eigenvalue weighted by Crippen LogP contribution is -2.37. The maximum Gasteiger partial charge on any atom is 0.0508 e. The summed E-state index contributed by atoms with van der Waals surface area (Å²) in [6, 6.07) is 6.14. The molecule has 5 N–H and O–H groups in total. The lowest BCUT2D eigenvalue weighted by Gasteiger charge is -2.37. The lowest BCUT2D eigenvalue weighted by atomic mass is 9.72. The van der Waals surface area contributed by atoms with E-state index in [9.17, 15) is 0 Å². The van der Waals surface area contributed by atoms with Crippen molar-refractivity contribution in [2.45, 2.75) is 39.2 Å². The van der Waals surface area contributed by atoms with E-state index in [1.165, 1.54) is 19.3 Å². The molecule has 2 rings (SSSR count). The fourth-order valence-electron chi connectivity index (χ4n) is 3.19. The molecule has 1 aliphatic rings. The van der Waals surface area contributed by atoms with E-state index >= 15 is 0 Å². The molecule has 4 atom stereocenters. The Labute approximate surface area is 124 Å². The van der Waals surface area contributed by atoms with Crippen molar-refractivity contribution in [2.24, 2.45) is 23.6 Å². The molecule has 1 aliphatic carbocycles. The molecular weight excluding hydrogens is 302 g/mol. The normalized spacial score (nSPS) is 29.2. The van der Waals surface area contributed by atoms with Crippen molar-refractivity contribution in [2.75, 3.05) is 5.73 Å². The molecule has 106 valence electrons. The topological polar surface area (TPSA) is 64.1 Å². The van der Waals surface area contributed by atoms with Gasteiger partial charge in [-0.1, -0.05) is 36.2 Å². The van der Waals surface area contributed by atoms with Gasteiger partial charge in [0.15, 0.2) is 0 Å². The minimum atomic E-state index is 0.146. The molecule has 0 radical (unpaired) electrons. The van der Waals surface area contributed by atoms with Crippen LogP contribution in [0.25, 0.3) is 0 Å². The molecule has 19 heavy (non-hydrogen) atoms. The van der Waals surface area contributed by atoms with Gasteiger partial charge in [0.2, 0.25) is 0 Å². The van der Waals surface area contributed by atoms with Crippen LogP contribution < -0.4 is 17.0 Å². The molecule has 1 fully saturated rings. The van der Waals surface area contributed by atoms with Gasteiger partial charge in [0, 0.05) is 10.2 Å². The van der Waals surface area contributed by atoms with E-state index in [1.54, 1.807) is 0 Å². The third kappa shape index (κ3) is 3.30. The molecule has 0 bridgehead atoms. The van der Waals surface area contributed by atoms with Crippen LogP contribution in [0.1, 0.15) is 44.7 Å². The Kier molecular flexibility index (Phi) is 4.87. The van der Waals surface area contributed by atoms with Gasteiger partial charge in [-0.3, -0.25) is 11.3 Å². The van der Waals surface area contributed by atoms with Crippen LogP contribution in [-0.2, 0) is 0 Å². The largest absolute Gasteiger partial charge is 0.398 e. The monoisotopic (exact) mass is 325 g/mol. The Morgan fingerprint density at radius 2 is 2.00 bits per heavy atom. The zero-order valence-corrected chi connectivity index (χ0v) is 13.3. The van der Waals surface area contributed by atoms with Crippen molar-refractivity contribution in [1.29, 1.82) is 0 Å². The molecule has 0 aromatic heterocycles. The number of rotatable bonds is 3. The molecule has 1 saturated carbocycles. The average molecular weight is 326 g/mol. The molecular formula is C15H24BrN3. The summed E-state index contributed by atoms with van der Waals surface area (Å²) in [5.74, 6) is 7.94.